The third-order valence-electron chi connectivity index (χ3n) is 8.68. The minimum Gasteiger partial charge on any atom is -0.0622 e. The van der Waals surface area contributed by atoms with Gasteiger partial charge in [-0.15, -0.1) is 0 Å². The molecule has 1 atom stereocenters. The van der Waals surface area contributed by atoms with Crippen LogP contribution >= 0.6 is 15.8 Å². The van der Waals surface area contributed by atoms with Crippen molar-refractivity contribution in [3.8, 4) is 0 Å². The molecule has 0 spiro atoms. The van der Waals surface area contributed by atoms with Gasteiger partial charge in [0.1, 0.15) is 0 Å². The monoisotopic (exact) mass is 714 g/mol. The van der Waals surface area contributed by atoms with Crippen LogP contribution in [0.25, 0.3) is 0 Å². The molecule has 5 aromatic carbocycles. The van der Waals surface area contributed by atoms with Crippen molar-refractivity contribution in [1.82, 2.24) is 0 Å². The molecule has 246 valence electrons. The molecule has 0 heterocycles. The second kappa shape index (κ2) is 18.1. The summed E-state index contributed by atoms with van der Waals surface area (Å²) in [5.41, 5.74) is 7.04. The fraction of sp³-hybridized carbons (Fsp3) is 0.130. The van der Waals surface area contributed by atoms with Crippen LogP contribution in [0.5, 0.6) is 0 Å². The van der Waals surface area contributed by atoms with Crippen molar-refractivity contribution >= 4 is 42.4 Å². The standard InChI is InChI=1S/C41H39P2.C5H5.Fe/c1-29-23-30(2)26-36(25-29)42(37-27-31(3)24-32(4)28-37)33(5)38-20-14-21-39(38)40-19-12-13-22-41(40)43(34-15-8-6-9-16-34)35-17-10-7-11-18-35;1-2-4-5-3-1;/h6-28,33H,1-5H3;1-5H;/t33-;;/m1../s1. The van der Waals surface area contributed by atoms with Crippen LogP contribution in [0.1, 0.15) is 34.7 Å². The maximum atomic E-state index is 2.46. The average molecular weight is 715 g/mol. The summed E-state index contributed by atoms with van der Waals surface area (Å²) in [5, 5.41) is 7.09. The summed E-state index contributed by atoms with van der Waals surface area (Å²) < 4.78 is 0. The first-order chi connectivity index (χ1) is 23.4. The van der Waals surface area contributed by atoms with Gasteiger partial charge in [0, 0.05) is 23.0 Å². The minimum absolute atomic E-state index is 0. The molecule has 2 aliphatic rings. The Bertz CT molecular complexity index is 1620. The van der Waals surface area contributed by atoms with E-state index in [1.807, 2.05) is 32.1 Å². The van der Waals surface area contributed by atoms with Crippen LogP contribution in [0.3, 0.4) is 0 Å². The number of aryl methyl sites for hydroxylation is 4. The second-order valence-electron chi connectivity index (χ2n) is 12.6. The van der Waals surface area contributed by atoms with E-state index >= 15 is 0 Å². The molecule has 2 fully saturated rings. The molecule has 7 rings (SSSR count). The molecule has 0 aromatic heterocycles. The van der Waals surface area contributed by atoms with Crippen molar-refractivity contribution < 1.29 is 17.1 Å². The van der Waals surface area contributed by atoms with Crippen LogP contribution in [0.15, 0.2) is 121 Å². The quantitative estimate of drug-likeness (QED) is 0.111. The Balaban J connectivity index is 0.000000717. The molecule has 0 N–H and O–H groups in total. The zero-order valence-electron chi connectivity index (χ0n) is 29.0. The third-order valence-corrected chi connectivity index (χ3v) is 13.9. The van der Waals surface area contributed by atoms with E-state index in [1.54, 1.807) is 0 Å². The number of rotatable bonds is 8. The van der Waals surface area contributed by atoms with Gasteiger partial charge in [0.2, 0.25) is 0 Å². The zero-order valence-corrected chi connectivity index (χ0v) is 31.9. The summed E-state index contributed by atoms with van der Waals surface area (Å²) in [6, 6.07) is 45.5. The van der Waals surface area contributed by atoms with E-state index in [9.17, 15) is 0 Å². The van der Waals surface area contributed by atoms with Crippen LogP contribution in [0, 0.1) is 90.9 Å². The predicted octanol–water partition coefficient (Wildman–Crippen LogP) is 9.34. The minimum atomic E-state index is -0.718. The molecule has 10 radical (unpaired) electrons. The first kappa shape index (κ1) is 37.7. The molecule has 0 nitrogen and oxygen atoms in total. The zero-order chi connectivity index (χ0) is 33.5. The largest absolute Gasteiger partial charge is 0.0622 e. The maximum Gasteiger partial charge on any atom is 0.0171 e. The van der Waals surface area contributed by atoms with Crippen LogP contribution in [-0.4, -0.2) is 5.66 Å². The van der Waals surface area contributed by atoms with E-state index in [-0.39, 0.29) is 17.1 Å². The van der Waals surface area contributed by atoms with Gasteiger partial charge < -0.3 is 0 Å². The molecule has 0 saturated heterocycles. The topological polar surface area (TPSA) is 0 Å². The van der Waals surface area contributed by atoms with Gasteiger partial charge in [0.05, 0.1) is 0 Å². The Labute approximate surface area is 310 Å². The van der Waals surface area contributed by atoms with Crippen LogP contribution in [0.2, 0.25) is 0 Å². The van der Waals surface area contributed by atoms with Gasteiger partial charge in [-0.05, 0) is 139 Å². The SMILES string of the molecule is Cc1cc(C)cc(P(c2cc(C)cc(C)c2)[C@H](C)[C]2[CH][CH][CH][C]2c2ccccc2P(c2ccccc2)c2ccccc2)c1.[CH]1[CH][CH][CH][CH]1.[Fe]. The van der Waals surface area contributed by atoms with Crippen LogP contribution < -0.4 is 26.5 Å². The van der Waals surface area contributed by atoms with Crippen molar-refractivity contribution in [2.24, 2.45) is 0 Å². The fourth-order valence-electron chi connectivity index (χ4n) is 6.76. The van der Waals surface area contributed by atoms with Gasteiger partial charge in [-0.1, -0.05) is 151 Å². The van der Waals surface area contributed by atoms with Crippen molar-refractivity contribution in [3.05, 3.63) is 212 Å². The van der Waals surface area contributed by atoms with Gasteiger partial charge in [-0.25, -0.2) is 0 Å². The molecular formula is C46H44FeP2. The van der Waals surface area contributed by atoms with E-state index in [0.29, 0.717) is 5.66 Å². The van der Waals surface area contributed by atoms with Gasteiger partial charge in [0.25, 0.3) is 0 Å². The van der Waals surface area contributed by atoms with Crippen LogP contribution in [0.4, 0.5) is 0 Å². The second-order valence-corrected chi connectivity index (χ2v) is 17.4. The summed E-state index contributed by atoms with van der Waals surface area (Å²) in [5.74, 6) is 2.80. The Morgan fingerprint density at radius 3 is 1.35 bits per heavy atom. The van der Waals surface area contributed by atoms with Gasteiger partial charge in [-0.2, -0.15) is 0 Å². The first-order valence-electron chi connectivity index (χ1n) is 16.8. The summed E-state index contributed by atoms with van der Waals surface area (Å²) in [6.45, 7) is 11.4. The smallest absolute Gasteiger partial charge is 0.0171 e. The molecule has 49 heavy (non-hydrogen) atoms. The molecule has 0 amide bonds. The fourth-order valence-corrected chi connectivity index (χ4v) is 12.3. The van der Waals surface area contributed by atoms with Gasteiger partial charge in [-0.3, -0.25) is 0 Å². The molecule has 0 unspecified atom stereocenters. The number of benzene rings is 5. The Kier molecular flexibility index (Phi) is 13.9. The molecule has 0 aliphatic heterocycles. The molecule has 0 bridgehead atoms. The van der Waals surface area contributed by atoms with E-state index in [1.165, 1.54) is 66.2 Å². The van der Waals surface area contributed by atoms with Crippen molar-refractivity contribution in [1.29, 1.82) is 0 Å². The summed E-state index contributed by atoms with van der Waals surface area (Å²) in [6.07, 6.45) is 17.0. The van der Waals surface area contributed by atoms with Crippen LogP contribution in [-0.2, 0) is 17.1 Å². The van der Waals surface area contributed by atoms with Crippen molar-refractivity contribution in [2.75, 3.05) is 0 Å². The summed E-state index contributed by atoms with van der Waals surface area (Å²) >= 11 is 0. The van der Waals surface area contributed by atoms with Gasteiger partial charge >= 0.3 is 0 Å². The van der Waals surface area contributed by atoms with E-state index in [4.69, 9.17) is 0 Å². The summed E-state index contributed by atoms with van der Waals surface area (Å²) in [4.78, 5) is 0. The van der Waals surface area contributed by atoms with E-state index < -0.39 is 15.8 Å². The van der Waals surface area contributed by atoms with Gasteiger partial charge in [0.15, 0.2) is 0 Å². The molecule has 2 saturated carbocycles. The summed E-state index contributed by atoms with van der Waals surface area (Å²) in [7, 11) is -1.36. The third kappa shape index (κ3) is 9.43. The number of hydrogen-bond acceptors (Lipinski definition) is 0. The maximum absolute atomic E-state index is 2.46. The Hall–Kier alpha value is -2.52. The Morgan fingerprint density at radius 2 is 0.878 bits per heavy atom. The molecular weight excluding hydrogens is 670 g/mol. The van der Waals surface area contributed by atoms with Crippen molar-refractivity contribution in [2.45, 2.75) is 40.3 Å². The molecule has 3 heteroatoms. The molecule has 5 aromatic rings. The molecule has 2 aliphatic carbocycles. The average Bonchev–Trinajstić information content (AvgIpc) is 3.82. The Morgan fingerprint density at radius 1 is 0.449 bits per heavy atom. The number of hydrogen-bond donors (Lipinski definition) is 0. The van der Waals surface area contributed by atoms with E-state index in [2.05, 4.69) is 175 Å². The van der Waals surface area contributed by atoms with E-state index in [0.717, 1.165) is 0 Å². The predicted molar refractivity (Wildman–Crippen MR) is 213 cm³/mol. The normalized spacial score (nSPS) is 15.6. The van der Waals surface area contributed by atoms with Crippen molar-refractivity contribution in [3.63, 3.8) is 0 Å². The first-order valence-corrected chi connectivity index (χ1v) is 19.5.